The molecule has 5 nitrogen and oxygen atoms in total. The maximum atomic E-state index is 13.2. The zero-order chi connectivity index (χ0) is 17.7. The number of carbonyl (C=O) groups is 1. The molecule has 2 aromatic carbocycles. The van der Waals surface area contributed by atoms with Crippen LogP contribution in [-0.2, 0) is 6.42 Å². The maximum absolute atomic E-state index is 13.2. The summed E-state index contributed by atoms with van der Waals surface area (Å²) < 4.78 is 0. The molecule has 1 fully saturated rings. The number of nitrogens with one attached hydrogen (secondary N) is 1. The Kier molecular flexibility index (Phi) is 3.42. The molecule has 1 saturated heterocycles. The van der Waals surface area contributed by atoms with Crippen LogP contribution in [0, 0.1) is 0 Å². The number of fused-ring (bicyclic) bond motifs is 4. The molecule has 0 bridgehead atoms. The van der Waals surface area contributed by atoms with Gasteiger partial charge < -0.3 is 9.88 Å². The highest BCUT2D eigenvalue weighted by molar-refractivity contribution is 5.97. The normalized spacial score (nSPS) is 21.5. The minimum atomic E-state index is -0.237. The van der Waals surface area contributed by atoms with Crippen molar-refractivity contribution in [1.82, 2.24) is 14.9 Å². The third-order valence-electron chi connectivity index (χ3n) is 5.75. The second-order valence-electron chi connectivity index (χ2n) is 7.20. The molecule has 1 aromatic heterocycles. The number of aromatic amines is 1. The van der Waals surface area contributed by atoms with Crippen LogP contribution in [0.5, 0.6) is 0 Å². The number of nitrogens with zero attached hydrogens (tertiary/aromatic N) is 2. The van der Waals surface area contributed by atoms with Crippen molar-refractivity contribution in [2.45, 2.75) is 31.2 Å². The van der Waals surface area contributed by atoms with Gasteiger partial charge in [0.1, 0.15) is 0 Å². The van der Waals surface area contributed by atoms with Gasteiger partial charge in [0, 0.05) is 24.1 Å². The Hall–Kier alpha value is -2.95. The van der Waals surface area contributed by atoms with E-state index in [4.69, 9.17) is 0 Å². The molecule has 5 rings (SSSR count). The van der Waals surface area contributed by atoms with Gasteiger partial charge in [0.2, 0.25) is 0 Å². The van der Waals surface area contributed by atoms with Gasteiger partial charge in [-0.05, 0) is 48.6 Å². The van der Waals surface area contributed by atoms with Gasteiger partial charge >= 0.3 is 0 Å². The minimum absolute atomic E-state index is 0.0578. The van der Waals surface area contributed by atoms with Crippen LogP contribution in [0.2, 0.25) is 0 Å². The van der Waals surface area contributed by atoms with Crippen molar-refractivity contribution >= 4 is 16.9 Å². The van der Waals surface area contributed by atoms with E-state index >= 15 is 0 Å². The van der Waals surface area contributed by atoms with Crippen molar-refractivity contribution in [3.63, 3.8) is 0 Å². The summed E-state index contributed by atoms with van der Waals surface area (Å²) in [4.78, 5) is 33.6. The Morgan fingerprint density at radius 2 is 2.08 bits per heavy atom. The summed E-state index contributed by atoms with van der Waals surface area (Å²) in [6.07, 6.45) is 4.36. The first-order valence-corrected chi connectivity index (χ1v) is 9.08. The molecule has 0 unspecified atom stereocenters. The zero-order valence-corrected chi connectivity index (χ0v) is 14.3. The van der Waals surface area contributed by atoms with Crippen LogP contribution in [-0.4, -0.2) is 33.4 Å². The molecular weight excluding hydrogens is 326 g/mol. The molecule has 1 N–H and O–H groups in total. The third-order valence-corrected chi connectivity index (χ3v) is 5.75. The fraction of sp³-hybridized carbons (Fsp3) is 0.286. The summed E-state index contributed by atoms with van der Waals surface area (Å²) in [5.74, 6) is 0.501. The summed E-state index contributed by atoms with van der Waals surface area (Å²) in [6, 6.07) is 14.1. The second-order valence-corrected chi connectivity index (χ2v) is 7.20. The van der Waals surface area contributed by atoms with Crippen molar-refractivity contribution < 1.29 is 4.79 Å². The van der Waals surface area contributed by atoms with E-state index in [1.165, 1.54) is 17.3 Å². The highest BCUT2D eigenvalue weighted by Crippen LogP contribution is 2.42. The number of rotatable bonds is 1. The van der Waals surface area contributed by atoms with Crippen LogP contribution >= 0.6 is 0 Å². The molecule has 3 aromatic rings. The number of hydrogen-bond acceptors (Lipinski definition) is 3. The Morgan fingerprint density at radius 1 is 1.19 bits per heavy atom. The van der Waals surface area contributed by atoms with Gasteiger partial charge in [0.25, 0.3) is 11.5 Å². The Morgan fingerprint density at radius 3 is 3.00 bits per heavy atom. The average Bonchev–Trinajstić information content (AvgIpc) is 3.06. The molecule has 130 valence electrons. The van der Waals surface area contributed by atoms with Gasteiger partial charge in [-0.1, -0.05) is 24.3 Å². The monoisotopic (exact) mass is 345 g/mol. The van der Waals surface area contributed by atoms with Crippen molar-refractivity contribution in [2.24, 2.45) is 0 Å². The lowest BCUT2D eigenvalue weighted by molar-refractivity contribution is 0.0595. The average molecular weight is 345 g/mol. The molecule has 2 heterocycles. The van der Waals surface area contributed by atoms with E-state index in [0.717, 1.165) is 25.8 Å². The largest absolute Gasteiger partial charge is 0.335 e. The molecule has 2 aliphatic rings. The fourth-order valence-corrected chi connectivity index (χ4v) is 4.57. The van der Waals surface area contributed by atoms with Crippen molar-refractivity contribution in [1.29, 1.82) is 0 Å². The van der Waals surface area contributed by atoms with Gasteiger partial charge in [0.15, 0.2) is 0 Å². The van der Waals surface area contributed by atoms with Crippen LogP contribution < -0.4 is 5.56 Å². The van der Waals surface area contributed by atoms with Crippen molar-refractivity contribution in [3.8, 4) is 0 Å². The molecule has 26 heavy (non-hydrogen) atoms. The lowest BCUT2D eigenvalue weighted by Crippen LogP contribution is -2.46. The molecule has 0 saturated carbocycles. The van der Waals surface area contributed by atoms with Gasteiger partial charge in [-0.2, -0.15) is 0 Å². The Balaban J connectivity index is 1.49. The Labute approximate surface area is 150 Å². The SMILES string of the molecule is O=C(c1ccc2[nH]c(=O)cnc2c1)N1CCC[C@H]2c3ccccc3C[C@H]21. The molecule has 0 spiro atoms. The predicted molar refractivity (Wildman–Crippen MR) is 99.3 cm³/mol. The molecule has 0 radical (unpaired) electrons. The van der Waals surface area contributed by atoms with E-state index in [-0.39, 0.29) is 17.5 Å². The number of H-pyrrole nitrogens is 1. The summed E-state index contributed by atoms with van der Waals surface area (Å²) in [5, 5.41) is 0. The lowest BCUT2D eigenvalue weighted by Gasteiger charge is -2.38. The summed E-state index contributed by atoms with van der Waals surface area (Å²) in [6.45, 7) is 0.797. The smallest absolute Gasteiger partial charge is 0.266 e. The fourth-order valence-electron chi connectivity index (χ4n) is 4.57. The number of hydrogen-bond donors (Lipinski definition) is 1. The first kappa shape index (κ1) is 15.3. The van der Waals surface area contributed by atoms with E-state index in [1.54, 1.807) is 18.2 Å². The topological polar surface area (TPSA) is 66.1 Å². The van der Waals surface area contributed by atoms with Crippen LogP contribution in [0.15, 0.2) is 53.5 Å². The van der Waals surface area contributed by atoms with Crippen molar-refractivity contribution in [3.05, 3.63) is 75.7 Å². The van der Waals surface area contributed by atoms with E-state index in [9.17, 15) is 9.59 Å². The predicted octanol–water partition coefficient (Wildman–Crippen LogP) is 2.87. The first-order valence-electron chi connectivity index (χ1n) is 9.08. The van der Waals surface area contributed by atoms with Crippen LogP contribution in [0.4, 0.5) is 0 Å². The summed E-state index contributed by atoms with van der Waals surface area (Å²) >= 11 is 0. The van der Waals surface area contributed by atoms with Gasteiger partial charge in [0.05, 0.1) is 17.2 Å². The van der Waals surface area contributed by atoms with Crippen LogP contribution in [0.3, 0.4) is 0 Å². The van der Waals surface area contributed by atoms with Crippen LogP contribution in [0.25, 0.3) is 11.0 Å². The number of piperidine rings is 1. The highest BCUT2D eigenvalue weighted by Gasteiger charge is 2.40. The summed E-state index contributed by atoms with van der Waals surface area (Å²) in [7, 11) is 0. The first-order chi connectivity index (χ1) is 12.7. The highest BCUT2D eigenvalue weighted by atomic mass is 16.2. The lowest BCUT2D eigenvalue weighted by atomic mass is 9.88. The third kappa shape index (κ3) is 2.35. The number of likely N-dealkylation sites (tertiary alicyclic amines) is 1. The number of aromatic nitrogens is 2. The maximum Gasteiger partial charge on any atom is 0.266 e. The van der Waals surface area contributed by atoms with Crippen molar-refractivity contribution in [2.75, 3.05) is 6.54 Å². The number of benzene rings is 2. The minimum Gasteiger partial charge on any atom is -0.335 e. The van der Waals surface area contributed by atoms with E-state index in [2.05, 4.69) is 34.2 Å². The molecule has 5 heteroatoms. The number of carbonyl (C=O) groups excluding carboxylic acids is 1. The number of amides is 1. The van der Waals surface area contributed by atoms with E-state index in [1.807, 2.05) is 4.90 Å². The molecule has 1 amide bonds. The zero-order valence-electron chi connectivity index (χ0n) is 14.3. The molecular formula is C21H19N3O2. The van der Waals surface area contributed by atoms with Gasteiger partial charge in [-0.3, -0.25) is 9.59 Å². The van der Waals surface area contributed by atoms with Gasteiger partial charge in [-0.15, -0.1) is 0 Å². The standard InChI is InChI=1S/C21H19N3O2/c25-20-12-22-18-10-14(7-8-17(18)23-20)21(26)24-9-3-6-16-15-5-2-1-4-13(15)11-19(16)24/h1-2,4-5,7-8,10,12,16,19H,3,6,9,11H2,(H,23,25)/t16-,19+/m0/s1. The van der Waals surface area contributed by atoms with E-state index < -0.39 is 0 Å². The van der Waals surface area contributed by atoms with Crippen LogP contribution in [0.1, 0.15) is 40.2 Å². The van der Waals surface area contributed by atoms with E-state index in [0.29, 0.717) is 22.5 Å². The molecule has 2 atom stereocenters. The quantitative estimate of drug-likeness (QED) is 0.737. The summed E-state index contributed by atoms with van der Waals surface area (Å²) in [5.41, 5.74) is 4.47. The van der Waals surface area contributed by atoms with Gasteiger partial charge in [-0.25, -0.2) is 4.98 Å². The second kappa shape index (κ2) is 5.80. The molecule has 1 aliphatic heterocycles. The molecule has 1 aliphatic carbocycles. The Bertz CT molecular complexity index is 1070.